The number of aromatic carboxylic acids is 1. The van der Waals surface area contributed by atoms with Crippen LogP contribution < -0.4 is 0 Å². The molecule has 1 N–H and O–H groups in total. The van der Waals surface area contributed by atoms with E-state index in [0.717, 1.165) is 0 Å². The first-order chi connectivity index (χ1) is 11.0. The number of halogens is 2. The number of carboxylic acids is 1. The van der Waals surface area contributed by atoms with Crippen LogP contribution in [0.25, 0.3) is 5.65 Å². The average molecular weight is 349 g/mol. The van der Waals surface area contributed by atoms with Gasteiger partial charge in [0.1, 0.15) is 11.3 Å². The number of hydrogen-bond acceptors (Lipinski definition) is 4. The highest BCUT2D eigenvalue weighted by atomic mass is 35.5. The number of azo groups is 1. The van der Waals surface area contributed by atoms with E-state index in [0.29, 0.717) is 32.9 Å². The predicted molar refractivity (Wildman–Crippen MR) is 87.5 cm³/mol. The molecule has 6 nitrogen and oxygen atoms in total. The van der Waals surface area contributed by atoms with Crippen LogP contribution in [0, 0.1) is 6.92 Å². The molecule has 116 valence electrons. The van der Waals surface area contributed by atoms with Gasteiger partial charge in [0, 0.05) is 6.20 Å². The number of carboxylic acid groups (broad SMARTS) is 1. The molecule has 0 atom stereocenters. The Bertz CT molecular complexity index is 950. The summed E-state index contributed by atoms with van der Waals surface area (Å²) in [6.07, 6.45) is 1.59. The van der Waals surface area contributed by atoms with Gasteiger partial charge in [-0.3, -0.25) is 4.40 Å². The molecule has 0 aliphatic carbocycles. The second-order valence-corrected chi connectivity index (χ2v) is 5.53. The summed E-state index contributed by atoms with van der Waals surface area (Å²) in [5, 5.41) is 18.0. The highest BCUT2D eigenvalue weighted by Crippen LogP contribution is 2.33. The Hall–Kier alpha value is -2.44. The highest BCUT2D eigenvalue weighted by Gasteiger charge is 2.11. The second-order valence-electron chi connectivity index (χ2n) is 4.74. The molecule has 23 heavy (non-hydrogen) atoms. The number of benzene rings is 1. The molecule has 0 fully saturated rings. The summed E-state index contributed by atoms with van der Waals surface area (Å²) in [6, 6.07) is 8.03. The number of aromatic nitrogens is 2. The number of nitrogens with zero attached hydrogens (tertiary/aromatic N) is 4. The van der Waals surface area contributed by atoms with Gasteiger partial charge in [0.2, 0.25) is 0 Å². The monoisotopic (exact) mass is 348 g/mol. The molecule has 3 rings (SSSR count). The summed E-state index contributed by atoms with van der Waals surface area (Å²) in [6.45, 7) is 1.77. The van der Waals surface area contributed by atoms with Gasteiger partial charge in [-0.25, -0.2) is 9.78 Å². The van der Waals surface area contributed by atoms with Gasteiger partial charge in [0.05, 0.1) is 21.3 Å². The molecule has 0 saturated carbocycles. The summed E-state index contributed by atoms with van der Waals surface area (Å²) < 4.78 is 1.66. The van der Waals surface area contributed by atoms with Gasteiger partial charge < -0.3 is 5.11 Å². The molecule has 0 unspecified atom stereocenters. The molecule has 0 bridgehead atoms. The van der Waals surface area contributed by atoms with Crippen LogP contribution in [0.15, 0.2) is 46.8 Å². The number of fused-ring (bicyclic) bond motifs is 1. The van der Waals surface area contributed by atoms with E-state index in [1.165, 1.54) is 12.1 Å². The Morgan fingerprint density at radius 2 is 2.04 bits per heavy atom. The van der Waals surface area contributed by atoms with Crippen molar-refractivity contribution in [3.05, 3.63) is 57.8 Å². The summed E-state index contributed by atoms with van der Waals surface area (Å²) in [7, 11) is 0. The van der Waals surface area contributed by atoms with Crippen LogP contribution in [-0.4, -0.2) is 20.5 Å². The largest absolute Gasteiger partial charge is 0.478 e. The zero-order chi connectivity index (χ0) is 16.6. The lowest BCUT2D eigenvalue weighted by Crippen LogP contribution is -1.97. The third kappa shape index (κ3) is 2.91. The van der Waals surface area contributed by atoms with Crippen molar-refractivity contribution in [1.82, 2.24) is 9.38 Å². The van der Waals surface area contributed by atoms with Crippen molar-refractivity contribution in [2.75, 3.05) is 0 Å². The van der Waals surface area contributed by atoms with Crippen molar-refractivity contribution < 1.29 is 9.90 Å². The quantitative estimate of drug-likeness (QED) is 0.671. The lowest BCUT2D eigenvalue weighted by molar-refractivity contribution is 0.0697. The minimum atomic E-state index is -1.01. The maximum atomic E-state index is 11.0. The molecule has 0 radical (unpaired) electrons. The molecule has 2 aromatic heterocycles. The normalized spacial score (nSPS) is 11.4. The Labute approximate surface area is 141 Å². The van der Waals surface area contributed by atoms with E-state index in [1.807, 2.05) is 0 Å². The summed E-state index contributed by atoms with van der Waals surface area (Å²) in [4.78, 5) is 15.3. The first-order valence-electron chi connectivity index (χ1n) is 6.55. The predicted octanol–water partition coefficient (Wildman–Crippen LogP) is 5.06. The Morgan fingerprint density at radius 3 is 2.78 bits per heavy atom. The number of imidazole rings is 1. The molecule has 8 heteroatoms. The second kappa shape index (κ2) is 5.98. The zero-order valence-electron chi connectivity index (χ0n) is 11.9. The van der Waals surface area contributed by atoms with Crippen molar-refractivity contribution in [2.24, 2.45) is 10.2 Å². The minimum absolute atomic E-state index is 0.156. The molecule has 0 amide bonds. The van der Waals surface area contributed by atoms with Crippen LogP contribution in [0.5, 0.6) is 0 Å². The minimum Gasteiger partial charge on any atom is -0.478 e. The molecular weight excluding hydrogens is 339 g/mol. The SMILES string of the molecule is Cc1nc2cc(C(=O)O)ccn2c1N=Nc1cccc(Cl)c1Cl. The van der Waals surface area contributed by atoms with Gasteiger partial charge in [-0.15, -0.1) is 10.2 Å². The third-order valence-electron chi connectivity index (χ3n) is 3.20. The van der Waals surface area contributed by atoms with E-state index < -0.39 is 5.97 Å². The third-order valence-corrected chi connectivity index (χ3v) is 4.01. The molecule has 3 aromatic rings. The number of hydrogen-bond donors (Lipinski definition) is 1. The van der Waals surface area contributed by atoms with Crippen LogP contribution in [0.1, 0.15) is 16.1 Å². The van der Waals surface area contributed by atoms with Crippen LogP contribution in [-0.2, 0) is 0 Å². The van der Waals surface area contributed by atoms with Gasteiger partial charge in [-0.2, -0.15) is 0 Å². The topological polar surface area (TPSA) is 79.3 Å². The van der Waals surface area contributed by atoms with E-state index in [1.54, 1.807) is 35.7 Å². The first-order valence-corrected chi connectivity index (χ1v) is 7.30. The Kier molecular flexibility index (Phi) is 4.02. The lowest BCUT2D eigenvalue weighted by Gasteiger charge is -2.00. The maximum absolute atomic E-state index is 11.0. The van der Waals surface area contributed by atoms with E-state index in [4.69, 9.17) is 28.3 Å². The molecule has 0 saturated heterocycles. The van der Waals surface area contributed by atoms with Crippen molar-refractivity contribution in [3.63, 3.8) is 0 Å². The fourth-order valence-electron chi connectivity index (χ4n) is 2.07. The Balaban J connectivity index is 2.06. The first kappa shape index (κ1) is 15.5. The standard InChI is InChI=1S/C15H10Cl2N4O2/c1-8-14(20-19-11-4-2-3-10(16)13(11)17)21-6-5-9(15(22)23)7-12(21)18-8/h2-7H,1H3,(H,22,23). The van der Waals surface area contributed by atoms with Gasteiger partial charge in [0.25, 0.3) is 0 Å². The van der Waals surface area contributed by atoms with E-state index in [9.17, 15) is 4.79 Å². The number of aryl methyl sites for hydroxylation is 1. The smallest absolute Gasteiger partial charge is 0.335 e. The van der Waals surface area contributed by atoms with Crippen LogP contribution in [0.2, 0.25) is 10.0 Å². The number of carbonyl (C=O) groups is 1. The van der Waals surface area contributed by atoms with Crippen molar-refractivity contribution in [2.45, 2.75) is 6.92 Å². The van der Waals surface area contributed by atoms with Crippen LogP contribution in [0.3, 0.4) is 0 Å². The highest BCUT2D eigenvalue weighted by molar-refractivity contribution is 6.43. The number of pyridine rings is 1. The zero-order valence-corrected chi connectivity index (χ0v) is 13.4. The van der Waals surface area contributed by atoms with Crippen LogP contribution >= 0.6 is 23.2 Å². The molecule has 1 aromatic carbocycles. The van der Waals surface area contributed by atoms with Gasteiger partial charge in [0.15, 0.2) is 5.82 Å². The summed E-state index contributed by atoms with van der Waals surface area (Å²) in [5.41, 5.74) is 1.70. The van der Waals surface area contributed by atoms with E-state index in [-0.39, 0.29) is 5.56 Å². The fourth-order valence-corrected chi connectivity index (χ4v) is 2.41. The molecular formula is C15H10Cl2N4O2. The average Bonchev–Trinajstić information content (AvgIpc) is 2.83. The van der Waals surface area contributed by atoms with Crippen molar-refractivity contribution >= 4 is 46.3 Å². The molecule has 0 aliphatic heterocycles. The van der Waals surface area contributed by atoms with Gasteiger partial charge in [-0.1, -0.05) is 29.3 Å². The fraction of sp³-hybridized carbons (Fsp3) is 0.0667. The maximum Gasteiger partial charge on any atom is 0.335 e. The molecule has 2 heterocycles. The lowest BCUT2D eigenvalue weighted by atomic mass is 10.3. The molecule has 0 spiro atoms. The van der Waals surface area contributed by atoms with Crippen LogP contribution in [0.4, 0.5) is 11.5 Å². The van der Waals surface area contributed by atoms with Gasteiger partial charge in [-0.05, 0) is 31.2 Å². The number of rotatable bonds is 3. The van der Waals surface area contributed by atoms with Crippen molar-refractivity contribution in [1.29, 1.82) is 0 Å². The molecule has 0 aliphatic rings. The van der Waals surface area contributed by atoms with Crippen molar-refractivity contribution in [3.8, 4) is 0 Å². The summed E-state index contributed by atoms with van der Waals surface area (Å²) >= 11 is 12.0. The summed E-state index contributed by atoms with van der Waals surface area (Å²) in [5.74, 6) is -0.519. The van der Waals surface area contributed by atoms with E-state index in [2.05, 4.69) is 15.2 Å². The van der Waals surface area contributed by atoms with E-state index >= 15 is 0 Å². The Morgan fingerprint density at radius 1 is 1.26 bits per heavy atom. The van der Waals surface area contributed by atoms with Gasteiger partial charge >= 0.3 is 5.97 Å².